The Kier molecular flexibility index (Phi) is 6.28. The van der Waals surface area contributed by atoms with Crippen LogP contribution >= 0.6 is 12.2 Å². The van der Waals surface area contributed by atoms with Crippen LogP contribution in [0.1, 0.15) is 47.2 Å². The van der Waals surface area contributed by atoms with Crippen molar-refractivity contribution < 1.29 is 4.79 Å². The number of nitrogens with zero attached hydrogens (tertiary/aromatic N) is 4. The minimum atomic E-state index is -0.145. The summed E-state index contributed by atoms with van der Waals surface area (Å²) in [5, 5.41) is 6.97. The molecule has 1 aliphatic rings. The number of carbonyl (C=O) groups excluding carboxylic acids is 1. The second-order valence-corrected chi connectivity index (χ2v) is 9.46. The monoisotopic (exact) mass is 496 g/mol. The fourth-order valence-electron chi connectivity index (χ4n) is 4.94. The van der Waals surface area contributed by atoms with Crippen LogP contribution in [0, 0.1) is 20.8 Å². The van der Waals surface area contributed by atoms with Crippen molar-refractivity contribution in [1.29, 1.82) is 0 Å². The lowest BCUT2D eigenvalue weighted by atomic mass is 9.96. The number of thiocarbonyl (C=S) groups is 1. The number of benzene rings is 1. The van der Waals surface area contributed by atoms with Gasteiger partial charge in [-0.15, -0.1) is 0 Å². The lowest BCUT2D eigenvalue weighted by Crippen LogP contribution is -2.29. The Morgan fingerprint density at radius 3 is 2.44 bits per heavy atom. The maximum absolute atomic E-state index is 11.5. The molecular weight excluding hydrogens is 468 g/mol. The van der Waals surface area contributed by atoms with E-state index in [9.17, 15) is 4.79 Å². The Balaban J connectivity index is 1.63. The third kappa shape index (κ3) is 4.35. The van der Waals surface area contributed by atoms with Gasteiger partial charge in [0.2, 0.25) is 5.91 Å². The maximum atomic E-state index is 11.5. The number of hydrogen-bond donors (Lipinski definition) is 2. The smallest absolute Gasteiger partial charge is 0.221 e. The van der Waals surface area contributed by atoms with Crippen LogP contribution in [0.2, 0.25) is 0 Å². The van der Waals surface area contributed by atoms with Crippen molar-refractivity contribution in [2.24, 2.45) is 0 Å². The molecule has 1 aliphatic heterocycles. The van der Waals surface area contributed by atoms with Crippen molar-refractivity contribution >= 4 is 34.6 Å². The van der Waals surface area contributed by atoms with E-state index >= 15 is 0 Å². The summed E-state index contributed by atoms with van der Waals surface area (Å²) in [6.45, 7) is 7.80. The van der Waals surface area contributed by atoms with Crippen LogP contribution in [0.25, 0.3) is 5.82 Å². The van der Waals surface area contributed by atoms with Gasteiger partial charge in [0.05, 0.1) is 17.8 Å². The van der Waals surface area contributed by atoms with Gasteiger partial charge in [0.25, 0.3) is 0 Å². The van der Waals surface area contributed by atoms with E-state index in [0.29, 0.717) is 5.11 Å². The van der Waals surface area contributed by atoms with Gasteiger partial charge in [-0.3, -0.25) is 9.78 Å². The largest absolute Gasteiger partial charge is 0.351 e. The van der Waals surface area contributed by atoms with Crippen LogP contribution in [0.4, 0.5) is 11.4 Å². The lowest BCUT2D eigenvalue weighted by Gasteiger charge is -2.28. The molecule has 8 heteroatoms. The van der Waals surface area contributed by atoms with Gasteiger partial charge < -0.3 is 20.1 Å². The zero-order valence-corrected chi connectivity index (χ0v) is 21.5. The molecule has 3 aromatic heterocycles. The number of hydrogen-bond acceptors (Lipinski definition) is 4. The van der Waals surface area contributed by atoms with Gasteiger partial charge in [0, 0.05) is 42.1 Å². The van der Waals surface area contributed by atoms with E-state index in [4.69, 9.17) is 12.2 Å². The minimum absolute atomic E-state index is 0.105. The number of aromatic nitrogens is 3. The molecule has 4 heterocycles. The predicted octanol–water partition coefficient (Wildman–Crippen LogP) is 5.33. The molecule has 0 bridgehead atoms. The van der Waals surface area contributed by atoms with Gasteiger partial charge in [-0.2, -0.15) is 0 Å². The summed E-state index contributed by atoms with van der Waals surface area (Å²) >= 11 is 5.87. The fourth-order valence-corrected chi connectivity index (χ4v) is 5.29. The van der Waals surface area contributed by atoms with Crippen LogP contribution in [0.5, 0.6) is 0 Å². The van der Waals surface area contributed by atoms with E-state index in [0.717, 1.165) is 45.4 Å². The van der Waals surface area contributed by atoms with Gasteiger partial charge in [-0.05, 0) is 98.7 Å². The number of carbonyl (C=O) groups is 1. The zero-order chi connectivity index (χ0) is 25.4. The van der Waals surface area contributed by atoms with Gasteiger partial charge in [0.1, 0.15) is 5.82 Å². The molecule has 4 aromatic rings. The van der Waals surface area contributed by atoms with Gasteiger partial charge in [0.15, 0.2) is 5.11 Å². The van der Waals surface area contributed by atoms with Crippen molar-refractivity contribution in [3.63, 3.8) is 0 Å². The summed E-state index contributed by atoms with van der Waals surface area (Å²) in [5.74, 6) is 0.789. The van der Waals surface area contributed by atoms with E-state index in [1.165, 1.54) is 6.92 Å². The van der Waals surface area contributed by atoms with Crippen molar-refractivity contribution in [3.05, 3.63) is 101 Å². The molecule has 1 amide bonds. The highest BCUT2D eigenvalue weighted by Gasteiger charge is 2.42. The van der Waals surface area contributed by atoms with E-state index in [2.05, 4.69) is 63.0 Å². The normalized spacial score (nSPS) is 17.2. The molecule has 1 fully saturated rings. The first kappa shape index (κ1) is 23.7. The van der Waals surface area contributed by atoms with E-state index in [1.807, 2.05) is 60.9 Å². The average Bonchev–Trinajstić information content (AvgIpc) is 3.35. The Morgan fingerprint density at radius 1 is 1.00 bits per heavy atom. The SMILES string of the molecule is CC(=O)Nc1ccc(N2C(=S)N[C@@H](c3ccccn3)[C@@H]2c2cc(C)n(-c3cc(C)ccn3)c2C)cc1. The zero-order valence-electron chi connectivity index (χ0n) is 20.7. The Labute approximate surface area is 216 Å². The van der Waals surface area contributed by atoms with Crippen LogP contribution < -0.4 is 15.5 Å². The summed E-state index contributed by atoms with van der Waals surface area (Å²) in [6.07, 6.45) is 3.65. The Bertz CT molecular complexity index is 1430. The molecule has 0 radical (unpaired) electrons. The second kappa shape index (κ2) is 9.54. The Morgan fingerprint density at radius 2 is 1.78 bits per heavy atom. The molecule has 182 valence electrons. The van der Waals surface area contributed by atoms with E-state index in [1.54, 1.807) is 0 Å². The third-order valence-corrected chi connectivity index (χ3v) is 6.80. The Hall–Kier alpha value is -4.04. The van der Waals surface area contributed by atoms with Crippen molar-refractivity contribution in [3.8, 4) is 5.82 Å². The number of rotatable bonds is 5. The summed E-state index contributed by atoms with van der Waals surface area (Å²) in [7, 11) is 0. The van der Waals surface area contributed by atoms with E-state index < -0.39 is 0 Å². The molecule has 1 aromatic carbocycles. The quantitative estimate of drug-likeness (QED) is 0.364. The lowest BCUT2D eigenvalue weighted by molar-refractivity contribution is -0.114. The van der Waals surface area contributed by atoms with Gasteiger partial charge in [-0.25, -0.2) is 4.98 Å². The third-order valence-electron chi connectivity index (χ3n) is 6.48. The molecule has 2 N–H and O–H groups in total. The molecule has 2 atom stereocenters. The highest BCUT2D eigenvalue weighted by molar-refractivity contribution is 7.80. The summed E-state index contributed by atoms with van der Waals surface area (Å²) in [4.78, 5) is 22.9. The van der Waals surface area contributed by atoms with Gasteiger partial charge >= 0.3 is 0 Å². The standard InChI is InChI=1S/C28H28N6OS/c1-17-12-14-30-25(15-17)33-18(2)16-23(19(33)3)27-26(24-7-5-6-13-29-24)32-28(36)34(27)22-10-8-21(9-11-22)31-20(4)35/h5-16,26-27H,1-4H3,(H,31,35)(H,32,36)/t26-,27-/m0/s1. The molecular formula is C28H28N6OS. The first-order valence-corrected chi connectivity index (χ1v) is 12.2. The summed E-state index contributed by atoms with van der Waals surface area (Å²) < 4.78 is 2.19. The first-order valence-electron chi connectivity index (χ1n) is 11.8. The average molecular weight is 497 g/mol. The number of pyridine rings is 2. The topological polar surface area (TPSA) is 75.1 Å². The minimum Gasteiger partial charge on any atom is -0.351 e. The summed E-state index contributed by atoms with van der Waals surface area (Å²) in [6, 6.07) is 19.7. The molecule has 0 aliphatic carbocycles. The second-order valence-electron chi connectivity index (χ2n) is 9.08. The molecule has 0 unspecified atom stereocenters. The molecule has 0 saturated carbocycles. The highest BCUT2D eigenvalue weighted by atomic mass is 32.1. The fraction of sp³-hybridized carbons (Fsp3) is 0.214. The van der Waals surface area contributed by atoms with Crippen molar-refractivity contribution in [2.75, 3.05) is 10.2 Å². The van der Waals surface area contributed by atoms with Crippen molar-refractivity contribution in [1.82, 2.24) is 19.9 Å². The van der Waals surface area contributed by atoms with Crippen LogP contribution in [0.15, 0.2) is 73.1 Å². The molecule has 36 heavy (non-hydrogen) atoms. The predicted molar refractivity (Wildman–Crippen MR) is 146 cm³/mol. The number of amides is 1. The molecule has 5 rings (SSSR count). The van der Waals surface area contributed by atoms with Crippen LogP contribution in [0.3, 0.4) is 0 Å². The molecule has 7 nitrogen and oxygen atoms in total. The van der Waals surface area contributed by atoms with Crippen molar-refractivity contribution in [2.45, 2.75) is 39.8 Å². The van der Waals surface area contributed by atoms with Gasteiger partial charge in [-0.1, -0.05) is 6.07 Å². The summed E-state index contributed by atoms with van der Waals surface area (Å²) in [5.41, 5.74) is 7.09. The highest BCUT2D eigenvalue weighted by Crippen LogP contribution is 2.43. The van der Waals surface area contributed by atoms with Crippen LogP contribution in [-0.4, -0.2) is 25.6 Å². The first-order chi connectivity index (χ1) is 17.3. The van der Waals surface area contributed by atoms with Crippen LogP contribution in [-0.2, 0) is 4.79 Å². The molecule has 1 saturated heterocycles. The van der Waals surface area contributed by atoms with E-state index in [-0.39, 0.29) is 18.0 Å². The number of anilines is 2. The molecule has 0 spiro atoms. The number of aryl methyl sites for hydroxylation is 2. The maximum Gasteiger partial charge on any atom is 0.221 e. The number of nitrogens with one attached hydrogen (secondary N) is 2.